The molecule has 0 saturated heterocycles. The lowest BCUT2D eigenvalue weighted by Crippen LogP contribution is -2.27. The monoisotopic (exact) mass is 398 g/mol. The van der Waals surface area contributed by atoms with Crippen LogP contribution in [-0.4, -0.2) is 12.7 Å². The Morgan fingerprint density at radius 1 is 1.07 bits per heavy atom. The van der Waals surface area contributed by atoms with Crippen LogP contribution in [0.5, 0.6) is 17.2 Å². The maximum atomic E-state index is 14.6. The fraction of sp³-hybridized carbons (Fsp3) is 0.429. The summed E-state index contributed by atoms with van der Waals surface area (Å²) in [4.78, 5) is 0. The van der Waals surface area contributed by atoms with Crippen LogP contribution in [0.25, 0.3) is 0 Å². The summed E-state index contributed by atoms with van der Waals surface area (Å²) in [6.07, 6.45) is -1.86. The van der Waals surface area contributed by atoms with Crippen molar-refractivity contribution in [3.63, 3.8) is 0 Å². The van der Waals surface area contributed by atoms with Gasteiger partial charge in [0.05, 0.1) is 12.7 Å². The summed E-state index contributed by atoms with van der Waals surface area (Å²) in [5.74, 6) is -3.04. The molecule has 0 amide bonds. The van der Waals surface area contributed by atoms with Crippen LogP contribution in [0.1, 0.15) is 44.2 Å². The second-order valence-electron chi connectivity index (χ2n) is 6.63. The van der Waals surface area contributed by atoms with E-state index in [-0.39, 0.29) is 23.2 Å². The highest BCUT2D eigenvalue weighted by Gasteiger charge is 2.41. The maximum Gasteiger partial charge on any atom is 0.429 e. The number of fused-ring (bicyclic) bond motifs is 1. The van der Waals surface area contributed by atoms with E-state index in [1.807, 2.05) is 6.92 Å². The molecule has 0 spiro atoms. The summed E-state index contributed by atoms with van der Waals surface area (Å²) in [5.41, 5.74) is -0.925. The Morgan fingerprint density at radius 2 is 1.75 bits per heavy atom. The SMILES string of the molecule is CCCC1CCc2cc(C(F)(F)Oc3ccc(OCC)cc3)c(F)c(F)c2O1. The average Bonchev–Trinajstić information content (AvgIpc) is 2.66. The van der Waals surface area contributed by atoms with Gasteiger partial charge in [-0.15, -0.1) is 0 Å². The fourth-order valence-corrected chi connectivity index (χ4v) is 3.23. The summed E-state index contributed by atoms with van der Waals surface area (Å²) in [5, 5.41) is 0. The van der Waals surface area contributed by atoms with E-state index in [0.29, 0.717) is 31.6 Å². The molecule has 0 aliphatic carbocycles. The molecule has 1 heterocycles. The first-order valence-corrected chi connectivity index (χ1v) is 9.33. The topological polar surface area (TPSA) is 27.7 Å². The van der Waals surface area contributed by atoms with Gasteiger partial charge in [0, 0.05) is 0 Å². The van der Waals surface area contributed by atoms with E-state index < -0.39 is 23.3 Å². The molecule has 2 aromatic carbocycles. The minimum Gasteiger partial charge on any atom is -0.494 e. The minimum atomic E-state index is -4.05. The molecule has 152 valence electrons. The zero-order chi connectivity index (χ0) is 20.3. The molecular weight excluding hydrogens is 376 g/mol. The fourth-order valence-electron chi connectivity index (χ4n) is 3.23. The van der Waals surface area contributed by atoms with Gasteiger partial charge in [-0.3, -0.25) is 0 Å². The summed E-state index contributed by atoms with van der Waals surface area (Å²) in [6, 6.07) is 6.42. The number of hydrogen-bond acceptors (Lipinski definition) is 3. The maximum absolute atomic E-state index is 14.6. The van der Waals surface area contributed by atoms with E-state index in [9.17, 15) is 17.6 Å². The van der Waals surface area contributed by atoms with E-state index >= 15 is 0 Å². The van der Waals surface area contributed by atoms with E-state index in [4.69, 9.17) is 9.47 Å². The number of halogens is 4. The highest BCUT2D eigenvalue weighted by molar-refractivity contribution is 5.43. The average molecular weight is 398 g/mol. The smallest absolute Gasteiger partial charge is 0.429 e. The lowest BCUT2D eigenvalue weighted by molar-refractivity contribution is -0.187. The molecule has 0 aromatic heterocycles. The molecule has 3 rings (SSSR count). The molecule has 1 atom stereocenters. The van der Waals surface area contributed by atoms with E-state index in [1.165, 1.54) is 24.3 Å². The summed E-state index contributed by atoms with van der Waals surface area (Å²) >= 11 is 0. The van der Waals surface area contributed by atoms with Crippen molar-refractivity contribution in [2.75, 3.05) is 6.61 Å². The molecule has 0 saturated carbocycles. The Labute approximate surface area is 161 Å². The van der Waals surface area contributed by atoms with Gasteiger partial charge < -0.3 is 14.2 Å². The number of alkyl halides is 2. The number of aryl methyl sites for hydroxylation is 1. The predicted molar refractivity (Wildman–Crippen MR) is 96.1 cm³/mol. The van der Waals surface area contributed by atoms with E-state index in [1.54, 1.807) is 6.92 Å². The normalized spacial score (nSPS) is 16.3. The van der Waals surface area contributed by atoms with E-state index in [2.05, 4.69) is 4.74 Å². The third-order valence-electron chi connectivity index (χ3n) is 4.56. The Morgan fingerprint density at radius 3 is 2.39 bits per heavy atom. The van der Waals surface area contributed by atoms with Crippen LogP contribution in [0.15, 0.2) is 30.3 Å². The van der Waals surface area contributed by atoms with Crippen LogP contribution in [0.4, 0.5) is 17.6 Å². The third kappa shape index (κ3) is 4.18. The van der Waals surface area contributed by atoms with Crippen LogP contribution < -0.4 is 14.2 Å². The van der Waals surface area contributed by atoms with Gasteiger partial charge in [-0.2, -0.15) is 13.2 Å². The standard InChI is InChI=1S/C21H22F4O3/c1-3-5-15-7-6-13-12-17(18(22)19(23)20(13)27-15)21(24,25)28-16-10-8-14(9-11-16)26-4-2/h8-12,15H,3-7H2,1-2H3. The van der Waals surface area contributed by atoms with Gasteiger partial charge in [-0.1, -0.05) is 13.3 Å². The Kier molecular flexibility index (Phi) is 6.01. The Bertz CT molecular complexity index is 821. The second kappa shape index (κ2) is 8.29. The first kappa shape index (κ1) is 20.3. The molecule has 0 radical (unpaired) electrons. The van der Waals surface area contributed by atoms with Crippen LogP contribution in [-0.2, 0) is 12.5 Å². The first-order chi connectivity index (χ1) is 13.4. The van der Waals surface area contributed by atoms with Gasteiger partial charge in [-0.25, -0.2) is 4.39 Å². The quantitative estimate of drug-likeness (QED) is 0.537. The summed E-state index contributed by atoms with van der Waals surface area (Å²) < 4.78 is 73.5. The molecule has 1 unspecified atom stereocenters. The van der Waals surface area contributed by atoms with Gasteiger partial charge in [-0.05, 0) is 62.1 Å². The lowest BCUT2D eigenvalue weighted by atomic mass is 9.97. The van der Waals surface area contributed by atoms with Crippen molar-refractivity contribution in [1.29, 1.82) is 0 Å². The highest BCUT2D eigenvalue weighted by Crippen LogP contribution is 2.40. The molecule has 1 aliphatic rings. The third-order valence-corrected chi connectivity index (χ3v) is 4.56. The largest absolute Gasteiger partial charge is 0.494 e. The zero-order valence-corrected chi connectivity index (χ0v) is 15.7. The minimum absolute atomic E-state index is 0.190. The Balaban J connectivity index is 1.86. The molecular formula is C21H22F4O3. The number of ether oxygens (including phenoxy) is 3. The van der Waals surface area contributed by atoms with Crippen LogP contribution in [0, 0.1) is 11.6 Å². The van der Waals surface area contributed by atoms with Crippen molar-refractivity contribution in [2.24, 2.45) is 0 Å². The van der Waals surface area contributed by atoms with Gasteiger partial charge in [0.1, 0.15) is 17.1 Å². The van der Waals surface area contributed by atoms with Gasteiger partial charge >= 0.3 is 6.11 Å². The molecule has 7 heteroatoms. The van der Waals surface area contributed by atoms with Crippen molar-refractivity contribution >= 4 is 0 Å². The van der Waals surface area contributed by atoms with Crippen molar-refractivity contribution in [2.45, 2.75) is 51.7 Å². The van der Waals surface area contributed by atoms with Gasteiger partial charge in [0.2, 0.25) is 5.82 Å². The summed E-state index contributed by atoms with van der Waals surface area (Å²) in [6.45, 7) is 4.18. The zero-order valence-electron chi connectivity index (χ0n) is 15.7. The molecule has 0 fully saturated rings. The molecule has 0 bridgehead atoms. The second-order valence-corrected chi connectivity index (χ2v) is 6.63. The molecule has 1 aliphatic heterocycles. The number of hydrogen-bond donors (Lipinski definition) is 0. The Hall–Kier alpha value is -2.44. The summed E-state index contributed by atoms with van der Waals surface area (Å²) in [7, 11) is 0. The van der Waals surface area contributed by atoms with Crippen LogP contribution >= 0.6 is 0 Å². The van der Waals surface area contributed by atoms with E-state index in [0.717, 1.165) is 12.5 Å². The van der Waals surface area contributed by atoms with Crippen LogP contribution in [0.3, 0.4) is 0 Å². The van der Waals surface area contributed by atoms with Gasteiger partial charge in [0.15, 0.2) is 11.6 Å². The molecule has 28 heavy (non-hydrogen) atoms. The number of rotatable bonds is 7. The highest BCUT2D eigenvalue weighted by atomic mass is 19.3. The molecule has 0 N–H and O–H groups in total. The van der Waals surface area contributed by atoms with Gasteiger partial charge in [0.25, 0.3) is 0 Å². The molecule has 2 aromatic rings. The number of benzene rings is 2. The lowest BCUT2D eigenvalue weighted by Gasteiger charge is -2.28. The predicted octanol–water partition coefficient (Wildman–Crippen LogP) is 5.99. The van der Waals surface area contributed by atoms with Crippen molar-refractivity contribution in [1.82, 2.24) is 0 Å². The van der Waals surface area contributed by atoms with Crippen molar-refractivity contribution in [3.05, 3.63) is 53.1 Å². The van der Waals surface area contributed by atoms with Crippen LogP contribution in [0.2, 0.25) is 0 Å². The molecule has 3 nitrogen and oxygen atoms in total. The van der Waals surface area contributed by atoms with Crippen molar-refractivity contribution in [3.8, 4) is 17.2 Å². The first-order valence-electron chi connectivity index (χ1n) is 9.33. The van der Waals surface area contributed by atoms with Crippen molar-refractivity contribution < 1.29 is 31.8 Å².